The summed E-state index contributed by atoms with van der Waals surface area (Å²) < 4.78 is 32.2. The molecule has 0 fully saturated rings. The highest BCUT2D eigenvalue weighted by atomic mass is 31.2. The van der Waals surface area contributed by atoms with Gasteiger partial charge in [-0.25, -0.2) is 4.57 Å². The number of quaternary nitrogens is 1. The topological polar surface area (TPSA) is 108 Å². The van der Waals surface area contributed by atoms with Gasteiger partial charge in [0, 0.05) is 13.3 Å². The van der Waals surface area contributed by atoms with Gasteiger partial charge in [-0.1, -0.05) is 19.8 Å². The van der Waals surface area contributed by atoms with E-state index in [0.29, 0.717) is 17.4 Å². The Balaban J connectivity index is 4.48. The molecule has 0 aliphatic rings. The standard InChI is InChI=1S/C16H32NO8P/c1-6-7-8-9-16(19)25-15(12-22-14(2)18)13-24-26(20,21)23-11-10-17(3,4)5/h15H,6-13H2,1-5H3/p+1. The van der Waals surface area contributed by atoms with Crippen molar-refractivity contribution in [1.29, 1.82) is 0 Å². The Hall–Kier alpha value is -0.990. The zero-order valence-electron chi connectivity index (χ0n) is 16.4. The van der Waals surface area contributed by atoms with Crippen molar-refractivity contribution in [1.82, 2.24) is 0 Å². The van der Waals surface area contributed by atoms with Gasteiger partial charge in [-0.15, -0.1) is 0 Å². The maximum atomic E-state index is 11.9. The van der Waals surface area contributed by atoms with Crippen LogP contribution in [0.15, 0.2) is 0 Å². The third kappa shape index (κ3) is 15.3. The van der Waals surface area contributed by atoms with Crippen LogP contribution in [0.5, 0.6) is 0 Å². The van der Waals surface area contributed by atoms with Gasteiger partial charge in [0.05, 0.1) is 27.7 Å². The number of hydrogen-bond acceptors (Lipinski definition) is 7. The lowest BCUT2D eigenvalue weighted by atomic mass is 10.2. The maximum absolute atomic E-state index is 11.9. The van der Waals surface area contributed by atoms with Crippen LogP contribution in [0.25, 0.3) is 0 Å². The van der Waals surface area contributed by atoms with Crippen molar-refractivity contribution in [3.05, 3.63) is 0 Å². The molecule has 0 aliphatic carbocycles. The number of carbonyl (C=O) groups excluding carboxylic acids is 2. The van der Waals surface area contributed by atoms with E-state index in [1.165, 1.54) is 6.92 Å². The fourth-order valence-corrected chi connectivity index (χ4v) is 2.48. The van der Waals surface area contributed by atoms with E-state index in [4.69, 9.17) is 18.5 Å². The molecule has 0 rings (SSSR count). The first-order valence-electron chi connectivity index (χ1n) is 8.70. The average Bonchev–Trinajstić information content (AvgIpc) is 2.48. The molecule has 0 radical (unpaired) electrons. The summed E-state index contributed by atoms with van der Waals surface area (Å²) in [6, 6.07) is 0. The van der Waals surface area contributed by atoms with Crippen molar-refractivity contribution in [2.75, 3.05) is 47.5 Å². The molecule has 0 aliphatic heterocycles. The van der Waals surface area contributed by atoms with Crippen LogP contribution >= 0.6 is 7.82 Å². The molecule has 1 N–H and O–H groups in total. The third-order valence-corrected chi connectivity index (χ3v) is 4.18. The molecule has 26 heavy (non-hydrogen) atoms. The van der Waals surface area contributed by atoms with E-state index in [1.54, 1.807) is 0 Å². The van der Waals surface area contributed by atoms with Crippen molar-refractivity contribution in [3.63, 3.8) is 0 Å². The number of rotatable bonds is 14. The summed E-state index contributed by atoms with van der Waals surface area (Å²) in [5.74, 6) is -1.03. The smallest absolute Gasteiger partial charge is 0.462 e. The van der Waals surface area contributed by atoms with Gasteiger partial charge in [-0.2, -0.15) is 0 Å². The van der Waals surface area contributed by atoms with Crippen LogP contribution in [0.3, 0.4) is 0 Å². The number of unbranched alkanes of at least 4 members (excludes halogenated alkanes) is 2. The molecular formula is C16H33NO8P+. The quantitative estimate of drug-likeness (QED) is 0.204. The first-order chi connectivity index (χ1) is 11.9. The van der Waals surface area contributed by atoms with Gasteiger partial charge in [0.1, 0.15) is 19.8 Å². The van der Waals surface area contributed by atoms with E-state index in [2.05, 4.69) is 0 Å². The summed E-state index contributed by atoms with van der Waals surface area (Å²) in [7, 11) is 1.46. The van der Waals surface area contributed by atoms with E-state index in [1.807, 2.05) is 28.1 Å². The summed E-state index contributed by atoms with van der Waals surface area (Å²) in [6.07, 6.45) is 1.79. The molecule has 0 aromatic carbocycles. The Morgan fingerprint density at radius 3 is 2.31 bits per heavy atom. The zero-order valence-corrected chi connectivity index (χ0v) is 17.3. The van der Waals surface area contributed by atoms with Crippen molar-refractivity contribution in [3.8, 4) is 0 Å². The van der Waals surface area contributed by atoms with E-state index in [-0.39, 0.29) is 19.6 Å². The number of phosphoric acid groups is 1. The highest BCUT2D eigenvalue weighted by Gasteiger charge is 2.26. The van der Waals surface area contributed by atoms with Crippen LogP contribution in [-0.2, 0) is 32.7 Å². The van der Waals surface area contributed by atoms with Crippen LogP contribution in [0.4, 0.5) is 0 Å². The van der Waals surface area contributed by atoms with Gasteiger partial charge in [0.2, 0.25) is 0 Å². The number of phosphoric ester groups is 1. The Bertz CT molecular complexity index is 477. The van der Waals surface area contributed by atoms with Crippen molar-refractivity contribution >= 4 is 19.8 Å². The summed E-state index contributed by atoms with van der Waals surface area (Å²) >= 11 is 0. The fourth-order valence-electron chi connectivity index (χ4n) is 1.74. The zero-order chi connectivity index (χ0) is 20.2. The molecule has 0 spiro atoms. The second-order valence-electron chi connectivity index (χ2n) is 6.98. The molecule has 154 valence electrons. The molecule has 0 saturated carbocycles. The molecule has 2 unspecified atom stereocenters. The number of carbonyl (C=O) groups is 2. The van der Waals surface area contributed by atoms with Gasteiger partial charge in [0.15, 0.2) is 6.10 Å². The summed E-state index contributed by atoms with van der Waals surface area (Å²) in [4.78, 5) is 32.4. The number of likely N-dealkylation sites (N-methyl/N-ethyl adjacent to an activating group) is 1. The predicted octanol–water partition coefficient (Wildman–Crippen LogP) is 1.88. The Morgan fingerprint density at radius 2 is 1.77 bits per heavy atom. The summed E-state index contributed by atoms with van der Waals surface area (Å²) in [5.41, 5.74) is 0. The monoisotopic (exact) mass is 398 g/mol. The molecule has 10 heteroatoms. The first-order valence-corrected chi connectivity index (χ1v) is 10.2. The van der Waals surface area contributed by atoms with Crippen molar-refractivity contribution < 1.29 is 42.1 Å². The number of nitrogens with zero attached hydrogens (tertiary/aromatic N) is 1. The number of ether oxygens (including phenoxy) is 2. The lowest BCUT2D eigenvalue weighted by Gasteiger charge is -2.24. The van der Waals surface area contributed by atoms with E-state index < -0.39 is 32.5 Å². The van der Waals surface area contributed by atoms with Crippen LogP contribution in [0.2, 0.25) is 0 Å². The van der Waals surface area contributed by atoms with Crippen LogP contribution in [0, 0.1) is 0 Å². The minimum absolute atomic E-state index is 0.0305. The van der Waals surface area contributed by atoms with E-state index >= 15 is 0 Å². The normalized spacial score (nSPS) is 15.2. The summed E-state index contributed by atoms with van der Waals surface area (Å²) in [5, 5.41) is 0. The molecule has 2 atom stereocenters. The molecule has 0 saturated heterocycles. The van der Waals surface area contributed by atoms with Gasteiger partial charge in [0.25, 0.3) is 0 Å². The molecule has 0 amide bonds. The lowest BCUT2D eigenvalue weighted by Crippen LogP contribution is -2.37. The van der Waals surface area contributed by atoms with Crippen LogP contribution in [-0.4, -0.2) is 74.9 Å². The van der Waals surface area contributed by atoms with E-state index in [0.717, 1.165) is 12.8 Å². The fraction of sp³-hybridized carbons (Fsp3) is 0.875. The van der Waals surface area contributed by atoms with Crippen molar-refractivity contribution in [2.24, 2.45) is 0 Å². The third-order valence-electron chi connectivity index (χ3n) is 3.20. The van der Waals surface area contributed by atoms with Gasteiger partial charge in [-0.3, -0.25) is 18.6 Å². The number of esters is 2. The van der Waals surface area contributed by atoms with Gasteiger partial charge in [-0.05, 0) is 6.42 Å². The van der Waals surface area contributed by atoms with Crippen molar-refractivity contribution in [2.45, 2.75) is 45.6 Å². The molecular weight excluding hydrogens is 365 g/mol. The van der Waals surface area contributed by atoms with Crippen LogP contribution < -0.4 is 0 Å². The second-order valence-corrected chi connectivity index (χ2v) is 8.44. The van der Waals surface area contributed by atoms with Gasteiger partial charge < -0.3 is 18.9 Å². The summed E-state index contributed by atoms with van der Waals surface area (Å²) in [6.45, 7) is 3.10. The highest BCUT2D eigenvalue weighted by Crippen LogP contribution is 2.43. The maximum Gasteiger partial charge on any atom is 0.472 e. The van der Waals surface area contributed by atoms with E-state index in [9.17, 15) is 19.0 Å². The molecule has 0 aromatic heterocycles. The number of hydrogen-bond donors (Lipinski definition) is 1. The predicted molar refractivity (Wildman–Crippen MR) is 95.3 cm³/mol. The Kier molecular flexibility index (Phi) is 11.9. The second kappa shape index (κ2) is 12.4. The minimum atomic E-state index is -4.29. The SMILES string of the molecule is CCCCCC(=O)OC(COC(C)=O)COP(=O)(O)OCC[N+](C)(C)C. The average molecular weight is 398 g/mol. The Labute approximate surface area is 155 Å². The molecule has 0 bridgehead atoms. The molecule has 0 aromatic rings. The lowest BCUT2D eigenvalue weighted by molar-refractivity contribution is -0.870. The Morgan fingerprint density at radius 1 is 1.12 bits per heavy atom. The largest absolute Gasteiger partial charge is 0.472 e. The first kappa shape index (κ1) is 25.0. The molecule has 0 heterocycles. The molecule has 9 nitrogen and oxygen atoms in total. The highest BCUT2D eigenvalue weighted by molar-refractivity contribution is 7.47. The minimum Gasteiger partial charge on any atom is -0.462 e. The van der Waals surface area contributed by atoms with Crippen LogP contribution in [0.1, 0.15) is 39.5 Å². The van der Waals surface area contributed by atoms with Gasteiger partial charge >= 0.3 is 19.8 Å².